The molecule has 1 aromatic carbocycles. The number of carbonyl (C=O) groups is 1. The standard InChI is InChI=1S/C15H10ClN3OS/c16-13-9-11(5-6-17-13)14(20)19-12-3-1-10(2-4-12)15-18-7-8-21-15/h1-9H,(H,19,20). The second kappa shape index (κ2) is 6.03. The summed E-state index contributed by atoms with van der Waals surface area (Å²) in [5.41, 5.74) is 2.21. The Morgan fingerprint density at radius 1 is 1.10 bits per heavy atom. The Bertz CT molecular complexity index is 757. The number of thiazole rings is 1. The highest BCUT2D eigenvalue weighted by Crippen LogP contribution is 2.23. The molecule has 1 N–H and O–H groups in total. The molecule has 1 amide bonds. The maximum atomic E-state index is 12.1. The molecule has 0 aliphatic heterocycles. The smallest absolute Gasteiger partial charge is 0.255 e. The van der Waals surface area contributed by atoms with Gasteiger partial charge in [0.1, 0.15) is 10.2 Å². The van der Waals surface area contributed by atoms with E-state index in [9.17, 15) is 4.79 Å². The fourth-order valence-electron chi connectivity index (χ4n) is 1.81. The first-order valence-corrected chi connectivity index (χ1v) is 7.41. The molecule has 0 atom stereocenters. The number of rotatable bonds is 3. The van der Waals surface area contributed by atoms with Crippen LogP contribution in [0.4, 0.5) is 5.69 Å². The Balaban J connectivity index is 1.75. The summed E-state index contributed by atoms with van der Waals surface area (Å²) in [7, 11) is 0. The predicted molar refractivity (Wildman–Crippen MR) is 84.8 cm³/mol. The van der Waals surface area contributed by atoms with E-state index in [-0.39, 0.29) is 5.91 Å². The minimum Gasteiger partial charge on any atom is -0.322 e. The van der Waals surface area contributed by atoms with E-state index in [1.165, 1.54) is 12.3 Å². The third kappa shape index (κ3) is 3.26. The van der Waals surface area contributed by atoms with E-state index in [1.807, 2.05) is 29.6 Å². The second-order valence-electron chi connectivity index (χ2n) is 4.24. The zero-order valence-corrected chi connectivity index (χ0v) is 12.4. The Labute approximate surface area is 130 Å². The van der Waals surface area contributed by atoms with Crippen LogP contribution in [0.1, 0.15) is 10.4 Å². The molecule has 2 heterocycles. The molecule has 0 saturated heterocycles. The minimum absolute atomic E-state index is 0.221. The summed E-state index contributed by atoms with van der Waals surface area (Å²) in [6.45, 7) is 0. The van der Waals surface area contributed by atoms with Crippen molar-refractivity contribution < 1.29 is 4.79 Å². The first kappa shape index (κ1) is 13.7. The van der Waals surface area contributed by atoms with Gasteiger partial charge in [0.2, 0.25) is 0 Å². The predicted octanol–water partition coefficient (Wildman–Crippen LogP) is 4.11. The number of nitrogens with one attached hydrogen (secondary N) is 1. The zero-order valence-electron chi connectivity index (χ0n) is 10.8. The lowest BCUT2D eigenvalue weighted by molar-refractivity contribution is 0.102. The summed E-state index contributed by atoms with van der Waals surface area (Å²) in [5, 5.41) is 5.99. The lowest BCUT2D eigenvalue weighted by Gasteiger charge is -2.06. The molecule has 0 spiro atoms. The maximum absolute atomic E-state index is 12.1. The normalized spacial score (nSPS) is 10.3. The molecule has 0 radical (unpaired) electrons. The molecule has 6 heteroatoms. The summed E-state index contributed by atoms with van der Waals surface area (Å²) in [5.74, 6) is -0.221. The third-order valence-electron chi connectivity index (χ3n) is 2.81. The van der Waals surface area contributed by atoms with Crippen LogP contribution >= 0.6 is 22.9 Å². The van der Waals surface area contributed by atoms with E-state index < -0.39 is 0 Å². The number of benzene rings is 1. The number of aromatic nitrogens is 2. The number of carbonyl (C=O) groups excluding carboxylic acids is 1. The number of halogens is 1. The molecular weight excluding hydrogens is 306 g/mol. The molecule has 104 valence electrons. The van der Waals surface area contributed by atoms with E-state index in [4.69, 9.17) is 11.6 Å². The Morgan fingerprint density at radius 3 is 2.57 bits per heavy atom. The van der Waals surface area contributed by atoms with Crippen molar-refractivity contribution in [2.45, 2.75) is 0 Å². The van der Waals surface area contributed by atoms with Crippen LogP contribution < -0.4 is 5.32 Å². The third-order valence-corrected chi connectivity index (χ3v) is 3.84. The first-order chi connectivity index (χ1) is 10.2. The average Bonchev–Trinajstić information content (AvgIpc) is 3.02. The number of hydrogen-bond acceptors (Lipinski definition) is 4. The monoisotopic (exact) mass is 315 g/mol. The molecule has 2 aromatic heterocycles. The summed E-state index contributed by atoms with van der Waals surface area (Å²) in [6, 6.07) is 10.7. The van der Waals surface area contributed by atoms with Gasteiger partial charge in [-0.05, 0) is 36.4 Å². The average molecular weight is 316 g/mol. The van der Waals surface area contributed by atoms with Gasteiger partial charge in [-0.3, -0.25) is 4.79 Å². The second-order valence-corrected chi connectivity index (χ2v) is 5.52. The molecule has 3 rings (SSSR count). The molecule has 0 aliphatic rings. The molecule has 0 aliphatic carbocycles. The zero-order chi connectivity index (χ0) is 14.7. The highest BCUT2D eigenvalue weighted by Gasteiger charge is 2.07. The molecule has 0 bridgehead atoms. The van der Waals surface area contributed by atoms with Crippen molar-refractivity contribution in [2.24, 2.45) is 0 Å². The fraction of sp³-hybridized carbons (Fsp3) is 0. The Hall–Kier alpha value is -2.24. The van der Waals surface area contributed by atoms with Crippen LogP contribution in [-0.2, 0) is 0 Å². The SMILES string of the molecule is O=C(Nc1ccc(-c2nccs2)cc1)c1ccnc(Cl)c1. The van der Waals surface area contributed by atoms with E-state index in [2.05, 4.69) is 15.3 Å². The van der Waals surface area contributed by atoms with Crippen molar-refractivity contribution in [1.82, 2.24) is 9.97 Å². The number of amides is 1. The molecular formula is C15H10ClN3OS. The topological polar surface area (TPSA) is 54.9 Å². The van der Waals surface area contributed by atoms with Crippen molar-refractivity contribution in [3.63, 3.8) is 0 Å². The minimum atomic E-state index is -0.221. The van der Waals surface area contributed by atoms with Gasteiger partial charge < -0.3 is 5.32 Å². The number of pyridine rings is 1. The number of anilines is 1. The van der Waals surface area contributed by atoms with Gasteiger partial charge in [0, 0.05) is 34.6 Å². The van der Waals surface area contributed by atoms with Crippen LogP contribution in [0, 0.1) is 0 Å². The molecule has 21 heavy (non-hydrogen) atoms. The summed E-state index contributed by atoms with van der Waals surface area (Å²) >= 11 is 7.35. The molecule has 0 unspecified atom stereocenters. The van der Waals surface area contributed by atoms with E-state index in [1.54, 1.807) is 23.6 Å². The van der Waals surface area contributed by atoms with Crippen LogP contribution in [0.15, 0.2) is 54.2 Å². The quantitative estimate of drug-likeness (QED) is 0.740. The van der Waals surface area contributed by atoms with Gasteiger partial charge in [-0.2, -0.15) is 0 Å². The van der Waals surface area contributed by atoms with Crippen LogP contribution in [-0.4, -0.2) is 15.9 Å². The van der Waals surface area contributed by atoms with Crippen LogP contribution in [0.25, 0.3) is 10.6 Å². The summed E-state index contributed by atoms with van der Waals surface area (Å²) < 4.78 is 0. The Kier molecular flexibility index (Phi) is 3.94. The first-order valence-electron chi connectivity index (χ1n) is 6.15. The van der Waals surface area contributed by atoms with Crippen molar-refractivity contribution in [3.8, 4) is 10.6 Å². The highest BCUT2D eigenvalue weighted by atomic mass is 35.5. The van der Waals surface area contributed by atoms with Gasteiger partial charge in [-0.15, -0.1) is 11.3 Å². The number of hydrogen-bond donors (Lipinski definition) is 1. The molecule has 0 fully saturated rings. The van der Waals surface area contributed by atoms with Gasteiger partial charge in [-0.1, -0.05) is 11.6 Å². The van der Waals surface area contributed by atoms with E-state index in [0.717, 1.165) is 10.6 Å². The van der Waals surface area contributed by atoms with Crippen molar-refractivity contribution in [1.29, 1.82) is 0 Å². The van der Waals surface area contributed by atoms with Gasteiger partial charge in [-0.25, -0.2) is 9.97 Å². The van der Waals surface area contributed by atoms with Crippen molar-refractivity contribution in [3.05, 3.63) is 64.9 Å². The fourth-order valence-corrected chi connectivity index (χ4v) is 2.63. The van der Waals surface area contributed by atoms with Crippen LogP contribution in [0.2, 0.25) is 5.15 Å². The maximum Gasteiger partial charge on any atom is 0.255 e. The van der Waals surface area contributed by atoms with Crippen molar-refractivity contribution in [2.75, 3.05) is 5.32 Å². The summed E-state index contributed by atoms with van der Waals surface area (Å²) in [6.07, 6.45) is 3.27. The molecule has 4 nitrogen and oxygen atoms in total. The van der Waals surface area contributed by atoms with Crippen LogP contribution in [0.5, 0.6) is 0 Å². The van der Waals surface area contributed by atoms with E-state index >= 15 is 0 Å². The lowest BCUT2D eigenvalue weighted by atomic mass is 10.2. The van der Waals surface area contributed by atoms with Gasteiger partial charge in [0.25, 0.3) is 5.91 Å². The highest BCUT2D eigenvalue weighted by molar-refractivity contribution is 7.13. The summed E-state index contributed by atoms with van der Waals surface area (Å²) in [4.78, 5) is 20.2. The Morgan fingerprint density at radius 2 is 1.90 bits per heavy atom. The van der Waals surface area contributed by atoms with Crippen molar-refractivity contribution >= 4 is 34.5 Å². The van der Waals surface area contributed by atoms with Gasteiger partial charge in [0.15, 0.2) is 0 Å². The van der Waals surface area contributed by atoms with Gasteiger partial charge >= 0.3 is 0 Å². The number of nitrogens with zero attached hydrogens (tertiary/aromatic N) is 2. The molecule has 0 saturated carbocycles. The van der Waals surface area contributed by atoms with E-state index in [0.29, 0.717) is 16.4 Å². The largest absolute Gasteiger partial charge is 0.322 e. The van der Waals surface area contributed by atoms with Gasteiger partial charge in [0.05, 0.1) is 0 Å². The lowest BCUT2D eigenvalue weighted by Crippen LogP contribution is -2.11. The van der Waals surface area contributed by atoms with Crippen LogP contribution in [0.3, 0.4) is 0 Å². The molecule has 3 aromatic rings.